The third-order valence-corrected chi connectivity index (χ3v) is 6.26. The van der Waals surface area contributed by atoms with E-state index in [4.69, 9.17) is 0 Å². The fraction of sp³-hybridized carbons (Fsp3) is 0.0870. The highest BCUT2D eigenvalue weighted by atomic mass is 32.2. The van der Waals surface area contributed by atoms with E-state index in [9.17, 15) is 22.8 Å². The van der Waals surface area contributed by atoms with E-state index in [1.807, 2.05) is 19.1 Å². The Hall–Kier alpha value is -4.18. The van der Waals surface area contributed by atoms with E-state index in [2.05, 4.69) is 20.7 Å². The van der Waals surface area contributed by atoms with Crippen LogP contribution in [0.2, 0.25) is 0 Å². The molecule has 0 saturated heterocycles. The second-order valence-electron chi connectivity index (χ2n) is 7.45. The topological polar surface area (TPSA) is 133 Å². The number of carbonyl (C=O) groups is 3. The quantitative estimate of drug-likeness (QED) is 0.430. The fourth-order valence-corrected chi connectivity index (χ4v) is 4.35. The number of carbonyl (C=O) groups excluding carboxylic acids is 3. The van der Waals surface area contributed by atoms with Crippen LogP contribution in [0.5, 0.6) is 0 Å². The van der Waals surface area contributed by atoms with Crippen LogP contribution in [0.15, 0.2) is 71.6 Å². The SMILES string of the molecule is Cc1ccc(NC(=O)c2ccccc2NS(=O)(=O)c2ccc3c(c2)NC(=O)CC(=O)N3)cc1. The minimum Gasteiger partial charge on any atom is -0.324 e. The van der Waals surface area contributed by atoms with Crippen molar-refractivity contribution in [3.63, 3.8) is 0 Å². The van der Waals surface area contributed by atoms with E-state index in [1.165, 1.54) is 30.3 Å². The second kappa shape index (κ2) is 8.75. The highest BCUT2D eigenvalue weighted by Gasteiger charge is 2.23. The molecule has 1 heterocycles. The smallest absolute Gasteiger partial charge is 0.261 e. The zero-order valence-electron chi connectivity index (χ0n) is 17.5. The van der Waals surface area contributed by atoms with Gasteiger partial charge in [-0.2, -0.15) is 0 Å². The number of aryl methyl sites for hydroxylation is 1. The Labute approximate surface area is 190 Å². The predicted molar refractivity (Wildman–Crippen MR) is 125 cm³/mol. The summed E-state index contributed by atoms with van der Waals surface area (Å²) in [5.41, 5.74) is 2.30. The van der Waals surface area contributed by atoms with Crippen LogP contribution in [0.25, 0.3) is 0 Å². The molecule has 0 fully saturated rings. The van der Waals surface area contributed by atoms with Gasteiger partial charge >= 0.3 is 0 Å². The van der Waals surface area contributed by atoms with Crippen molar-refractivity contribution in [2.45, 2.75) is 18.2 Å². The number of nitrogens with one attached hydrogen (secondary N) is 4. The highest BCUT2D eigenvalue weighted by molar-refractivity contribution is 7.92. The maximum atomic E-state index is 13.0. The molecule has 0 unspecified atom stereocenters. The number of sulfonamides is 1. The first-order chi connectivity index (χ1) is 15.7. The van der Waals surface area contributed by atoms with Gasteiger partial charge in [-0.3, -0.25) is 19.1 Å². The van der Waals surface area contributed by atoms with Crippen LogP contribution in [0.4, 0.5) is 22.7 Å². The summed E-state index contributed by atoms with van der Waals surface area (Å²) in [4.78, 5) is 36.2. The zero-order chi connectivity index (χ0) is 23.6. The van der Waals surface area contributed by atoms with Gasteiger partial charge in [0.1, 0.15) is 6.42 Å². The minimum absolute atomic E-state index is 0.0920. The Morgan fingerprint density at radius 3 is 2.27 bits per heavy atom. The molecule has 10 heteroatoms. The molecule has 4 N–H and O–H groups in total. The molecule has 0 aromatic heterocycles. The van der Waals surface area contributed by atoms with Gasteiger partial charge in [0, 0.05) is 5.69 Å². The summed E-state index contributed by atoms with van der Waals surface area (Å²) < 4.78 is 28.5. The number of para-hydroxylation sites is 1. The van der Waals surface area contributed by atoms with Crippen LogP contribution < -0.4 is 20.7 Å². The van der Waals surface area contributed by atoms with E-state index < -0.39 is 27.7 Å². The first-order valence-corrected chi connectivity index (χ1v) is 11.4. The number of hydrogen-bond acceptors (Lipinski definition) is 5. The summed E-state index contributed by atoms with van der Waals surface area (Å²) in [7, 11) is -4.12. The average Bonchev–Trinajstić information content (AvgIpc) is 2.91. The molecule has 0 atom stereocenters. The van der Waals surface area contributed by atoms with E-state index >= 15 is 0 Å². The Balaban J connectivity index is 1.60. The van der Waals surface area contributed by atoms with Gasteiger partial charge in [-0.05, 0) is 49.4 Å². The lowest BCUT2D eigenvalue weighted by Crippen LogP contribution is -2.19. The van der Waals surface area contributed by atoms with Gasteiger partial charge < -0.3 is 16.0 Å². The molecule has 0 spiro atoms. The summed E-state index contributed by atoms with van der Waals surface area (Å²) in [5.74, 6) is -1.52. The van der Waals surface area contributed by atoms with Crippen molar-refractivity contribution in [3.05, 3.63) is 77.9 Å². The lowest BCUT2D eigenvalue weighted by molar-refractivity contribution is -0.123. The Morgan fingerprint density at radius 1 is 0.879 bits per heavy atom. The molecule has 0 aliphatic carbocycles. The molecule has 1 aliphatic rings. The number of benzene rings is 3. The lowest BCUT2D eigenvalue weighted by atomic mass is 10.1. The summed E-state index contributed by atoms with van der Waals surface area (Å²) in [5, 5.41) is 7.80. The third-order valence-electron chi connectivity index (χ3n) is 4.90. The van der Waals surface area contributed by atoms with Crippen LogP contribution in [0.3, 0.4) is 0 Å². The summed E-state index contributed by atoms with van der Waals surface area (Å²) >= 11 is 0. The van der Waals surface area contributed by atoms with Crippen molar-refractivity contribution < 1.29 is 22.8 Å². The van der Waals surface area contributed by atoms with Crippen molar-refractivity contribution in [2.24, 2.45) is 0 Å². The van der Waals surface area contributed by atoms with Gasteiger partial charge in [0.05, 0.1) is 27.5 Å². The van der Waals surface area contributed by atoms with E-state index in [-0.39, 0.29) is 28.3 Å². The van der Waals surface area contributed by atoms with Crippen molar-refractivity contribution in [1.29, 1.82) is 0 Å². The van der Waals surface area contributed by atoms with Crippen LogP contribution in [0.1, 0.15) is 22.3 Å². The average molecular weight is 465 g/mol. The molecule has 3 aromatic carbocycles. The summed E-state index contributed by atoms with van der Waals surface area (Å²) in [6.45, 7) is 1.93. The Bertz CT molecular complexity index is 1370. The van der Waals surface area contributed by atoms with Crippen LogP contribution in [-0.2, 0) is 19.6 Å². The highest BCUT2D eigenvalue weighted by Crippen LogP contribution is 2.29. The van der Waals surface area contributed by atoms with Crippen molar-refractivity contribution >= 4 is 50.5 Å². The molecular weight excluding hydrogens is 444 g/mol. The van der Waals surface area contributed by atoms with E-state index in [1.54, 1.807) is 24.3 Å². The van der Waals surface area contributed by atoms with E-state index in [0.717, 1.165) is 5.56 Å². The molecule has 168 valence electrons. The first-order valence-electron chi connectivity index (χ1n) is 9.95. The molecule has 1 aliphatic heterocycles. The number of fused-ring (bicyclic) bond motifs is 1. The normalized spacial score (nSPS) is 13.2. The minimum atomic E-state index is -4.12. The molecule has 3 aromatic rings. The number of anilines is 4. The molecule has 3 amide bonds. The standard InChI is InChI=1S/C23H20N4O5S/c1-14-6-8-15(9-7-14)24-23(30)17-4-2-3-5-18(17)27-33(31,32)16-10-11-19-20(12-16)26-22(29)13-21(28)25-19/h2-12,27H,13H2,1H3,(H,24,30)(H,25,28)(H,26,29). The number of rotatable bonds is 5. The van der Waals surface area contributed by atoms with E-state index in [0.29, 0.717) is 11.4 Å². The number of amides is 3. The monoisotopic (exact) mass is 464 g/mol. The molecule has 9 nitrogen and oxygen atoms in total. The third kappa shape index (κ3) is 5.01. The van der Waals surface area contributed by atoms with Gasteiger partial charge in [0.25, 0.3) is 15.9 Å². The molecule has 0 radical (unpaired) electrons. The number of hydrogen-bond donors (Lipinski definition) is 4. The summed E-state index contributed by atoms with van der Waals surface area (Å²) in [6.07, 6.45) is -0.363. The maximum absolute atomic E-state index is 13.0. The van der Waals surface area contributed by atoms with Crippen molar-refractivity contribution in [1.82, 2.24) is 0 Å². The Morgan fingerprint density at radius 2 is 1.55 bits per heavy atom. The molecule has 4 rings (SSSR count). The predicted octanol–water partition coefficient (Wildman–Crippen LogP) is 3.33. The lowest BCUT2D eigenvalue weighted by Gasteiger charge is -2.14. The molecule has 0 saturated carbocycles. The van der Waals surface area contributed by atoms with Crippen LogP contribution in [0, 0.1) is 6.92 Å². The molecule has 33 heavy (non-hydrogen) atoms. The van der Waals surface area contributed by atoms with Crippen LogP contribution >= 0.6 is 0 Å². The second-order valence-corrected chi connectivity index (χ2v) is 9.13. The van der Waals surface area contributed by atoms with Crippen LogP contribution in [-0.4, -0.2) is 26.1 Å². The van der Waals surface area contributed by atoms with Gasteiger partial charge in [-0.1, -0.05) is 29.8 Å². The summed E-state index contributed by atoms with van der Waals surface area (Å²) in [6, 6.07) is 17.4. The maximum Gasteiger partial charge on any atom is 0.261 e. The largest absolute Gasteiger partial charge is 0.324 e. The molecular formula is C23H20N4O5S. The van der Waals surface area contributed by atoms with Crippen molar-refractivity contribution in [3.8, 4) is 0 Å². The van der Waals surface area contributed by atoms with Gasteiger partial charge in [0.15, 0.2) is 0 Å². The van der Waals surface area contributed by atoms with Crippen molar-refractivity contribution in [2.75, 3.05) is 20.7 Å². The molecule has 0 bridgehead atoms. The first kappa shape index (κ1) is 22.0. The van der Waals surface area contributed by atoms with Gasteiger partial charge in [0.2, 0.25) is 11.8 Å². The zero-order valence-corrected chi connectivity index (χ0v) is 18.3. The van der Waals surface area contributed by atoms with Gasteiger partial charge in [-0.25, -0.2) is 8.42 Å². The Kier molecular flexibility index (Phi) is 5.84. The van der Waals surface area contributed by atoms with Gasteiger partial charge in [-0.15, -0.1) is 0 Å². The fourth-order valence-electron chi connectivity index (χ4n) is 3.25.